The van der Waals surface area contributed by atoms with Crippen molar-refractivity contribution >= 4 is 10.9 Å². The van der Waals surface area contributed by atoms with E-state index in [9.17, 15) is 5.11 Å². The summed E-state index contributed by atoms with van der Waals surface area (Å²) in [6.07, 6.45) is 1.37. The third-order valence-electron chi connectivity index (χ3n) is 3.75. The van der Waals surface area contributed by atoms with Gasteiger partial charge in [0.15, 0.2) is 0 Å². The molecule has 0 fully saturated rings. The van der Waals surface area contributed by atoms with Crippen LogP contribution in [0.15, 0.2) is 54.7 Å². The van der Waals surface area contributed by atoms with Gasteiger partial charge in [-0.3, -0.25) is 0 Å². The smallest absolute Gasteiger partial charge is 0.106 e. The third kappa shape index (κ3) is 2.11. The van der Waals surface area contributed by atoms with E-state index in [-0.39, 0.29) is 0 Å². The fourth-order valence-corrected chi connectivity index (χ4v) is 2.61. The highest BCUT2D eigenvalue weighted by atomic mass is 16.3. The predicted octanol–water partition coefficient (Wildman–Crippen LogP) is 2.72. The zero-order valence-electron chi connectivity index (χ0n) is 11.5. The molecule has 1 aromatic heterocycles. The van der Waals surface area contributed by atoms with Crippen molar-refractivity contribution in [2.75, 3.05) is 0 Å². The van der Waals surface area contributed by atoms with E-state index < -0.39 is 6.10 Å². The zero-order valence-corrected chi connectivity index (χ0v) is 11.5. The van der Waals surface area contributed by atoms with E-state index in [0.717, 1.165) is 27.6 Å². The molecule has 3 rings (SSSR count). The molecule has 3 heteroatoms. The van der Waals surface area contributed by atoms with E-state index in [0.29, 0.717) is 6.54 Å². The number of nitrogens with zero attached hydrogens (tertiary/aromatic N) is 1. The first-order valence-electron chi connectivity index (χ1n) is 6.71. The van der Waals surface area contributed by atoms with Gasteiger partial charge in [-0.05, 0) is 17.2 Å². The maximum atomic E-state index is 10.6. The molecule has 0 saturated carbocycles. The highest BCUT2D eigenvalue weighted by Gasteiger charge is 2.16. The Labute approximate surface area is 118 Å². The van der Waals surface area contributed by atoms with Gasteiger partial charge < -0.3 is 15.4 Å². The Morgan fingerprint density at radius 2 is 1.80 bits per heavy atom. The Balaban J connectivity index is 2.05. The molecule has 3 N–H and O–H groups in total. The van der Waals surface area contributed by atoms with Crippen molar-refractivity contribution in [3.8, 4) is 0 Å². The topological polar surface area (TPSA) is 51.2 Å². The largest absolute Gasteiger partial charge is 0.384 e. The van der Waals surface area contributed by atoms with Crippen molar-refractivity contribution in [2.24, 2.45) is 12.8 Å². The maximum Gasteiger partial charge on any atom is 0.106 e. The average Bonchev–Trinajstić information content (AvgIpc) is 2.84. The highest BCUT2D eigenvalue weighted by molar-refractivity contribution is 5.84. The van der Waals surface area contributed by atoms with Crippen LogP contribution in [-0.2, 0) is 13.6 Å². The Kier molecular flexibility index (Phi) is 3.30. The number of hydrogen-bond acceptors (Lipinski definition) is 2. The van der Waals surface area contributed by atoms with E-state index in [1.54, 1.807) is 0 Å². The summed E-state index contributed by atoms with van der Waals surface area (Å²) in [6.45, 7) is 0.518. The van der Waals surface area contributed by atoms with Crippen LogP contribution in [0.4, 0.5) is 0 Å². The van der Waals surface area contributed by atoms with Crippen LogP contribution in [0.1, 0.15) is 22.8 Å². The molecule has 0 aliphatic heterocycles. The lowest BCUT2D eigenvalue weighted by molar-refractivity contribution is 0.221. The number of para-hydroxylation sites is 1. The number of nitrogens with two attached hydrogens (primary N) is 1. The van der Waals surface area contributed by atoms with Crippen LogP contribution >= 0.6 is 0 Å². The Morgan fingerprint density at radius 1 is 1.10 bits per heavy atom. The second-order valence-corrected chi connectivity index (χ2v) is 5.06. The van der Waals surface area contributed by atoms with E-state index in [4.69, 9.17) is 5.73 Å². The molecule has 0 saturated heterocycles. The van der Waals surface area contributed by atoms with Gasteiger partial charge in [0, 0.05) is 36.3 Å². The summed E-state index contributed by atoms with van der Waals surface area (Å²) in [7, 11) is 2.00. The standard InChI is InChI=1S/C17H18N2O/c1-19-11-15(14-4-2-3-5-16(14)19)17(20)13-8-6-12(10-18)7-9-13/h2-9,11,17,20H,10,18H2,1H3. The first kappa shape index (κ1) is 12.9. The summed E-state index contributed by atoms with van der Waals surface area (Å²) in [5, 5.41) is 11.7. The van der Waals surface area contributed by atoms with Gasteiger partial charge in [0.05, 0.1) is 0 Å². The Hall–Kier alpha value is -2.10. The minimum atomic E-state index is -0.618. The molecular weight excluding hydrogens is 248 g/mol. The van der Waals surface area contributed by atoms with Crippen molar-refractivity contribution in [1.29, 1.82) is 0 Å². The molecule has 1 heterocycles. The predicted molar refractivity (Wildman–Crippen MR) is 81.3 cm³/mol. The lowest BCUT2D eigenvalue weighted by Crippen LogP contribution is -2.01. The summed E-state index contributed by atoms with van der Waals surface area (Å²) in [5.41, 5.74) is 9.61. The van der Waals surface area contributed by atoms with Gasteiger partial charge in [-0.1, -0.05) is 42.5 Å². The summed E-state index contributed by atoms with van der Waals surface area (Å²) in [6, 6.07) is 15.9. The quantitative estimate of drug-likeness (QED) is 0.766. The normalized spacial score (nSPS) is 12.8. The molecule has 3 nitrogen and oxygen atoms in total. The van der Waals surface area contributed by atoms with Gasteiger partial charge in [-0.2, -0.15) is 0 Å². The number of hydrogen-bond donors (Lipinski definition) is 2. The van der Waals surface area contributed by atoms with E-state index in [1.807, 2.05) is 60.3 Å². The van der Waals surface area contributed by atoms with Gasteiger partial charge in [-0.25, -0.2) is 0 Å². The molecule has 0 bridgehead atoms. The molecule has 0 spiro atoms. The van der Waals surface area contributed by atoms with Crippen molar-refractivity contribution in [3.63, 3.8) is 0 Å². The minimum absolute atomic E-state index is 0.518. The zero-order chi connectivity index (χ0) is 14.1. The molecule has 102 valence electrons. The molecule has 1 atom stereocenters. The van der Waals surface area contributed by atoms with E-state index >= 15 is 0 Å². The summed E-state index contributed by atoms with van der Waals surface area (Å²) >= 11 is 0. The van der Waals surface area contributed by atoms with Crippen LogP contribution in [0.25, 0.3) is 10.9 Å². The minimum Gasteiger partial charge on any atom is -0.384 e. The number of aliphatic hydroxyl groups excluding tert-OH is 1. The molecule has 20 heavy (non-hydrogen) atoms. The monoisotopic (exact) mass is 266 g/mol. The number of rotatable bonds is 3. The number of fused-ring (bicyclic) bond motifs is 1. The second kappa shape index (κ2) is 5.12. The van der Waals surface area contributed by atoms with Crippen LogP contribution in [0, 0.1) is 0 Å². The molecule has 0 amide bonds. The molecule has 1 unspecified atom stereocenters. The summed E-state index contributed by atoms with van der Waals surface area (Å²) in [5.74, 6) is 0. The molecule has 0 radical (unpaired) electrons. The summed E-state index contributed by atoms with van der Waals surface area (Å²) in [4.78, 5) is 0. The molecule has 3 aromatic rings. The SMILES string of the molecule is Cn1cc(C(O)c2ccc(CN)cc2)c2ccccc21. The lowest BCUT2D eigenvalue weighted by Gasteiger charge is -2.11. The second-order valence-electron chi connectivity index (χ2n) is 5.06. The van der Waals surface area contributed by atoms with E-state index in [1.165, 1.54) is 0 Å². The first-order valence-corrected chi connectivity index (χ1v) is 6.71. The van der Waals surface area contributed by atoms with Gasteiger partial charge in [0.1, 0.15) is 6.10 Å². The Morgan fingerprint density at radius 3 is 2.50 bits per heavy atom. The lowest BCUT2D eigenvalue weighted by atomic mass is 10.00. The van der Waals surface area contributed by atoms with Crippen LogP contribution < -0.4 is 5.73 Å². The van der Waals surface area contributed by atoms with E-state index in [2.05, 4.69) is 6.07 Å². The van der Waals surface area contributed by atoms with Crippen molar-refractivity contribution in [1.82, 2.24) is 4.57 Å². The number of aromatic nitrogens is 1. The van der Waals surface area contributed by atoms with Crippen LogP contribution in [0.3, 0.4) is 0 Å². The first-order chi connectivity index (χ1) is 9.70. The number of aliphatic hydroxyl groups is 1. The Bertz CT molecular complexity index is 728. The summed E-state index contributed by atoms with van der Waals surface area (Å²) < 4.78 is 2.04. The van der Waals surface area contributed by atoms with Crippen molar-refractivity contribution in [3.05, 3.63) is 71.4 Å². The van der Waals surface area contributed by atoms with Gasteiger partial charge >= 0.3 is 0 Å². The fourth-order valence-electron chi connectivity index (χ4n) is 2.61. The number of aryl methyl sites for hydroxylation is 1. The maximum absolute atomic E-state index is 10.6. The van der Waals surface area contributed by atoms with Crippen molar-refractivity contribution in [2.45, 2.75) is 12.6 Å². The van der Waals surface area contributed by atoms with Crippen LogP contribution in [0.2, 0.25) is 0 Å². The number of benzene rings is 2. The fraction of sp³-hybridized carbons (Fsp3) is 0.176. The van der Waals surface area contributed by atoms with Crippen LogP contribution in [0.5, 0.6) is 0 Å². The molecule has 0 aliphatic carbocycles. The van der Waals surface area contributed by atoms with Gasteiger partial charge in [0.25, 0.3) is 0 Å². The van der Waals surface area contributed by atoms with Gasteiger partial charge in [0.2, 0.25) is 0 Å². The average molecular weight is 266 g/mol. The van der Waals surface area contributed by atoms with Gasteiger partial charge in [-0.15, -0.1) is 0 Å². The van der Waals surface area contributed by atoms with Crippen molar-refractivity contribution < 1.29 is 5.11 Å². The molecular formula is C17H18N2O. The molecule has 2 aromatic carbocycles. The molecule has 0 aliphatic rings. The van der Waals surface area contributed by atoms with Crippen LogP contribution in [-0.4, -0.2) is 9.67 Å². The highest BCUT2D eigenvalue weighted by Crippen LogP contribution is 2.30. The third-order valence-corrected chi connectivity index (χ3v) is 3.75.